The van der Waals surface area contributed by atoms with Crippen molar-refractivity contribution in [1.82, 2.24) is 18.9 Å². The van der Waals surface area contributed by atoms with Crippen LogP contribution in [0.5, 0.6) is 0 Å². The lowest BCUT2D eigenvalue weighted by atomic mass is 10.1. The molecule has 9 heteroatoms. The predicted molar refractivity (Wildman–Crippen MR) is 139 cm³/mol. The molecule has 5 rings (SSSR count). The van der Waals surface area contributed by atoms with Crippen LogP contribution in [0.3, 0.4) is 0 Å². The fourth-order valence-electron chi connectivity index (χ4n) is 3.75. The zero-order chi connectivity index (χ0) is 23.1. The molecule has 0 atom stereocenters. The first-order valence-electron chi connectivity index (χ1n) is 11.0. The third kappa shape index (κ3) is 4.25. The Morgan fingerprint density at radius 2 is 1.91 bits per heavy atom. The van der Waals surface area contributed by atoms with Gasteiger partial charge in [0, 0.05) is 23.2 Å². The van der Waals surface area contributed by atoms with Crippen LogP contribution in [0.15, 0.2) is 51.1 Å². The molecule has 0 aliphatic heterocycles. The number of hydrogen-bond donors (Lipinski definition) is 0. The summed E-state index contributed by atoms with van der Waals surface area (Å²) in [6.07, 6.45) is 1.79. The molecule has 0 spiro atoms. The fraction of sp³-hybridized carbons (Fsp3) is 0.333. The Bertz CT molecular complexity index is 1590. The van der Waals surface area contributed by atoms with Gasteiger partial charge in [-0.2, -0.15) is 0 Å². The van der Waals surface area contributed by atoms with E-state index < -0.39 is 0 Å². The van der Waals surface area contributed by atoms with Gasteiger partial charge in [-0.3, -0.25) is 18.6 Å². The number of thiophene rings is 1. The fourth-order valence-corrected chi connectivity index (χ4v) is 6.73. The minimum absolute atomic E-state index is 0.0205. The quantitative estimate of drug-likeness (QED) is 0.217. The molecule has 4 aromatic heterocycles. The number of nitrogens with zero attached hydrogens (tertiary/aromatic N) is 4. The Morgan fingerprint density at radius 1 is 1.09 bits per heavy atom. The molecule has 0 aliphatic carbocycles. The van der Waals surface area contributed by atoms with Crippen molar-refractivity contribution in [3.8, 4) is 0 Å². The molecule has 5 aromatic rings. The second-order valence-corrected chi connectivity index (χ2v) is 11.4. The van der Waals surface area contributed by atoms with Crippen LogP contribution in [0.2, 0.25) is 0 Å². The maximum absolute atomic E-state index is 13.3. The Morgan fingerprint density at radius 3 is 2.70 bits per heavy atom. The molecular formula is C24H24N4O2S3. The molecule has 0 fully saturated rings. The van der Waals surface area contributed by atoms with E-state index in [0.29, 0.717) is 39.4 Å². The molecule has 4 heterocycles. The Balaban J connectivity index is 1.52. The van der Waals surface area contributed by atoms with Gasteiger partial charge in [0.1, 0.15) is 4.83 Å². The van der Waals surface area contributed by atoms with Crippen molar-refractivity contribution < 1.29 is 0 Å². The molecule has 1 aromatic carbocycles. The van der Waals surface area contributed by atoms with Crippen LogP contribution >= 0.6 is 34.4 Å². The summed E-state index contributed by atoms with van der Waals surface area (Å²) in [5.41, 5.74) is 1.52. The van der Waals surface area contributed by atoms with E-state index >= 15 is 0 Å². The van der Waals surface area contributed by atoms with Crippen LogP contribution in [0, 0.1) is 5.92 Å². The van der Waals surface area contributed by atoms with Crippen LogP contribution in [-0.4, -0.2) is 18.9 Å². The van der Waals surface area contributed by atoms with Gasteiger partial charge >= 0.3 is 0 Å². The van der Waals surface area contributed by atoms with Crippen LogP contribution in [-0.2, 0) is 18.7 Å². The second-order valence-electron chi connectivity index (χ2n) is 8.38. The molecular weight excluding hydrogens is 472 g/mol. The summed E-state index contributed by atoms with van der Waals surface area (Å²) in [5.74, 6) is 0.960. The van der Waals surface area contributed by atoms with E-state index in [0.717, 1.165) is 32.8 Å². The lowest BCUT2D eigenvalue weighted by molar-refractivity contribution is 0.481. The van der Waals surface area contributed by atoms with Crippen LogP contribution in [0.1, 0.15) is 37.8 Å². The highest BCUT2D eigenvalue weighted by atomic mass is 32.2. The van der Waals surface area contributed by atoms with E-state index in [1.807, 2.05) is 30.3 Å². The Labute approximate surface area is 202 Å². The zero-order valence-corrected chi connectivity index (χ0v) is 21.1. The molecule has 170 valence electrons. The standard InChI is InChI=1S/C24H24N4O2S3/c1-4-16-12-17-21(32-16)26-23(27(22(17)30)10-9-14(2)3)31-13-15-11-20(29)28-18-7-5-6-8-19(18)33-24(28)25-15/h5-8,11-12,14H,4,9-10,13H2,1-3H3. The molecule has 33 heavy (non-hydrogen) atoms. The second kappa shape index (κ2) is 9.04. The highest BCUT2D eigenvalue weighted by Gasteiger charge is 2.16. The van der Waals surface area contributed by atoms with Gasteiger partial charge in [-0.1, -0.05) is 56.0 Å². The third-order valence-electron chi connectivity index (χ3n) is 5.54. The van der Waals surface area contributed by atoms with Crippen molar-refractivity contribution in [3.05, 3.63) is 67.7 Å². The minimum atomic E-state index is -0.0838. The van der Waals surface area contributed by atoms with E-state index in [4.69, 9.17) is 9.97 Å². The molecule has 0 N–H and O–H groups in total. The number of rotatable bonds is 7. The van der Waals surface area contributed by atoms with Crippen molar-refractivity contribution in [3.63, 3.8) is 0 Å². The predicted octanol–water partition coefficient (Wildman–Crippen LogP) is 5.58. The summed E-state index contributed by atoms with van der Waals surface area (Å²) in [6.45, 7) is 7.03. The maximum atomic E-state index is 13.3. The molecule has 0 amide bonds. The number of thioether (sulfide) groups is 1. The first-order chi connectivity index (χ1) is 15.9. The molecule has 0 aliphatic rings. The maximum Gasteiger partial charge on any atom is 0.262 e. The Hall–Kier alpha value is -2.49. The SMILES string of the molecule is CCc1cc2c(=O)n(CCC(C)C)c(SCc3cc(=O)n4c(n3)sc3ccccc34)nc2s1. The van der Waals surface area contributed by atoms with Crippen molar-refractivity contribution in [2.45, 2.75) is 51.1 Å². The molecule has 0 unspecified atom stereocenters. The minimum Gasteiger partial charge on any atom is -0.287 e. The number of thiazole rings is 1. The lowest BCUT2D eigenvalue weighted by Crippen LogP contribution is -2.23. The van der Waals surface area contributed by atoms with Gasteiger partial charge in [-0.15, -0.1) is 11.3 Å². The Kier molecular flexibility index (Phi) is 6.11. The van der Waals surface area contributed by atoms with Crippen molar-refractivity contribution in [2.24, 2.45) is 5.92 Å². The molecule has 0 radical (unpaired) electrons. The monoisotopic (exact) mass is 496 g/mol. The zero-order valence-electron chi connectivity index (χ0n) is 18.7. The largest absolute Gasteiger partial charge is 0.287 e. The number of aryl methyl sites for hydroxylation is 1. The highest BCUT2D eigenvalue weighted by molar-refractivity contribution is 7.98. The van der Waals surface area contributed by atoms with Gasteiger partial charge in [0.05, 0.1) is 21.3 Å². The van der Waals surface area contributed by atoms with Gasteiger partial charge in [0.15, 0.2) is 10.1 Å². The number of aromatic nitrogens is 4. The molecule has 0 saturated heterocycles. The van der Waals surface area contributed by atoms with E-state index in [1.165, 1.54) is 23.1 Å². The van der Waals surface area contributed by atoms with E-state index in [1.54, 1.807) is 26.4 Å². The van der Waals surface area contributed by atoms with E-state index in [-0.39, 0.29) is 11.1 Å². The molecule has 0 bridgehead atoms. The van der Waals surface area contributed by atoms with Gasteiger partial charge in [0.2, 0.25) is 0 Å². The summed E-state index contributed by atoms with van der Waals surface area (Å²) in [5, 5.41) is 1.39. The summed E-state index contributed by atoms with van der Waals surface area (Å²) in [6, 6.07) is 11.4. The summed E-state index contributed by atoms with van der Waals surface area (Å²) >= 11 is 4.57. The lowest BCUT2D eigenvalue weighted by Gasteiger charge is -2.13. The number of fused-ring (bicyclic) bond motifs is 4. The summed E-state index contributed by atoms with van der Waals surface area (Å²) in [7, 11) is 0. The van der Waals surface area contributed by atoms with E-state index in [2.05, 4.69) is 20.8 Å². The number of hydrogen-bond acceptors (Lipinski definition) is 7. The molecule has 0 saturated carbocycles. The van der Waals surface area contributed by atoms with Gasteiger partial charge in [-0.05, 0) is 37.0 Å². The smallest absolute Gasteiger partial charge is 0.262 e. The van der Waals surface area contributed by atoms with Crippen molar-refractivity contribution >= 4 is 59.8 Å². The van der Waals surface area contributed by atoms with Gasteiger partial charge < -0.3 is 0 Å². The van der Waals surface area contributed by atoms with Gasteiger partial charge in [-0.25, -0.2) is 9.97 Å². The average molecular weight is 497 g/mol. The summed E-state index contributed by atoms with van der Waals surface area (Å²) in [4.78, 5) is 38.4. The third-order valence-corrected chi connectivity index (χ3v) is 8.75. The first kappa shape index (κ1) is 22.3. The van der Waals surface area contributed by atoms with Crippen LogP contribution < -0.4 is 11.1 Å². The number of benzene rings is 1. The van der Waals surface area contributed by atoms with Crippen LogP contribution in [0.4, 0.5) is 0 Å². The topological polar surface area (TPSA) is 69.3 Å². The van der Waals surface area contributed by atoms with Crippen LogP contribution in [0.25, 0.3) is 25.4 Å². The van der Waals surface area contributed by atoms with Gasteiger partial charge in [0.25, 0.3) is 11.1 Å². The number of para-hydroxylation sites is 1. The first-order valence-corrected chi connectivity index (χ1v) is 13.6. The molecule has 6 nitrogen and oxygen atoms in total. The van der Waals surface area contributed by atoms with Crippen molar-refractivity contribution in [1.29, 1.82) is 0 Å². The summed E-state index contributed by atoms with van der Waals surface area (Å²) < 4.78 is 4.49. The highest BCUT2D eigenvalue weighted by Crippen LogP contribution is 2.28. The normalized spacial score (nSPS) is 12.0. The van der Waals surface area contributed by atoms with E-state index in [9.17, 15) is 9.59 Å². The van der Waals surface area contributed by atoms with Crippen molar-refractivity contribution in [2.75, 3.05) is 0 Å². The average Bonchev–Trinajstić information content (AvgIpc) is 3.38.